The summed E-state index contributed by atoms with van der Waals surface area (Å²) < 4.78 is 6.01. The zero-order valence-corrected chi connectivity index (χ0v) is 15.0. The van der Waals surface area contributed by atoms with Crippen LogP contribution in [0.5, 0.6) is 5.88 Å². The lowest BCUT2D eigenvalue weighted by Crippen LogP contribution is -2.21. The van der Waals surface area contributed by atoms with Crippen LogP contribution in [0.3, 0.4) is 0 Å². The Morgan fingerprint density at radius 1 is 1.12 bits per heavy atom. The zero-order valence-electron chi connectivity index (χ0n) is 15.0. The van der Waals surface area contributed by atoms with Crippen molar-refractivity contribution in [1.29, 1.82) is 0 Å². The molecule has 25 heavy (non-hydrogen) atoms. The summed E-state index contributed by atoms with van der Waals surface area (Å²) in [6, 6.07) is 8.42. The fourth-order valence-corrected chi connectivity index (χ4v) is 3.19. The van der Waals surface area contributed by atoms with Crippen LogP contribution in [0.4, 0.5) is 17.2 Å². The predicted molar refractivity (Wildman–Crippen MR) is 102 cm³/mol. The molecule has 3 N–H and O–H groups in total. The van der Waals surface area contributed by atoms with Gasteiger partial charge in [-0.15, -0.1) is 0 Å². The first-order chi connectivity index (χ1) is 12.3. The van der Waals surface area contributed by atoms with Gasteiger partial charge in [0.05, 0.1) is 0 Å². The monoisotopic (exact) mass is 340 g/mol. The molecule has 1 aromatic carbocycles. The Labute approximate surface area is 150 Å². The van der Waals surface area contributed by atoms with Crippen LogP contribution in [-0.2, 0) is 6.42 Å². The van der Waals surface area contributed by atoms with Crippen LogP contribution < -0.4 is 15.8 Å². The van der Waals surface area contributed by atoms with Crippen molar-refractivity contribution in [2.45, 2.75) is 64.4 Å². The lowest BCUT2D eigenvalue weighted by molar-refractivity contribution is 0.149. The SMILES string of the molecule is CCCCc1ccc(Nc2ncnc(OC3CCCCC3)c2N)cc1. The smallest absolute Gasteiger partial charge is 0.242 e. The highest BCUT2D eigenvalue weighted by Crippen LogP contribution is 2.30. The highest BCUT2D eigenvalue weighted by molar-refractivity contribution is 5.72. The van der Waals surface area contributed by atoms with E-state index in [4.69, 9.17) is 10.5 Å². The topological polar surface area (TPSA) is 73.1 Å². The van der Waals surface area contributed by atoms with Crippen molar-refractivity contribution in [3.63, 3.8) is 0 Å². The fourth-order valence-electron chi connectivity index (χ4n) is 3.19. The minimum Gasteiger partial charge on any atom is -0.473 e. The number of hydrogen-bond acceptors (Lipinski definition) is 5. The number of unbranched alkanes of at least 4 members (excludes halogenated alkanes) is 1. The second-order valence-electron chi connectivity index (χ2n) is 6.74. The van der Waals surface area contributed by atoms with E-state index in [-0.39, 0.29) is 6.10 Å². The van der Waals surface area contributed by atoms with Crippen molar-refractivity contribution in [2.75, 3.05) is 11.1 Å². The molecule has 0 bridgehead atoms. The molecule has 0 aliphatic heterocycles. The lowest BCUT2D eigenvalue weighted by Gasteiger charge is -2.23. The van der Waals surface area contributed by atoms with Gasteiger partial charge >= 0.3 is 0 Å². The molecule has 0 radical (unpaired) electrons. The number of nitrogens with zero attached hydrogens (tertiary/aromatic N) is 2. The first-order valence-electron chi connectivity index (χ1n) is 9.39. The van der Waals surface area contributed by atoms with E-state index in [9.17, 15) is 0 Å². The van der Waals surface area contributed by atoms with Crippen molar-refractivity contribution in [3.05, 3.63) is 36.2 Å². The number of nitrogen functional groups attached to an aromatic ring is 1. The molecule has 1 saturated carbocycles. The van der Waals surface area contributed by atoms with Gasteiger partial charge in [0.1, 0.15) is 18.1 Å². The minimum atomic E-state index is 0.219. The first-order valence-corrected chi connectivity index (χ1v) is 9.39. The maximum atomic E-state index is 6.23. The van der Waals surface area contributed by atoms with E-state index in [0.717, 1.165) is 24.9 Å². The molecule has 5 nitrogen and oxygen atoms in total. The third kappa shape index (κ3) is 4.84. The summed E-state index contributed by atoms with van der Waals surface area (Å²) >= 11 is 0. The molecule has 0 spiro atoms. The molecule has 0 unspecified atom stereocenters. The van der Waals surface area contributed by atoms with E-state index in [2.05, 4.69) is 46.5 Å². The molecule has 1 fully saturated rings. The molecular formula is C20H28N4O. The van der Waals surface area contributed by atoms with Crippen LogP contribution in [0.2, 0.25) is 0 Å². The molecular weight excluding hydrogens is 312 g/mol. The highest BCUT2D eigenvalue weighted by Gasteiger charge is 2.18. The summed E-state index contributed by atoms with van der Waals surface area (Å²) in [6.07, 6.45) is 11.1. The summed E-state index contributed by atoms with van der Waals surface area (Å²) in [6.45, 7) is 2.21. The number of aryl methyl sites for hydroxylation is 1. The van der Waals surface area contributed by atoms with Gasteiger partial charge in [-0.25, -0.2) is 4.98 Å². The fraction of sp³-hybridized carbons (Fsp3) is 0.500. The Balaban J connectivity index is 1.66. The largest absolute Gasteiger partial charge is 0.473 e. The number of ether oxygens (including phenoxy) is 1. The van der Waals surface area contributed by atoms with Gasteiger partial charge in [0.15, 0.2) is 5.82 Å². The van der Waals surface area contributed by atoms with Crippen molar-refractivity contribution < 1.29 is 4.74 Å². The molecule has 0 atom stereocenters. The molecule has 0 amide bonds. The number of anilines is 3. The highest BCUT2D eigenvalue weighted by atomic mass is 16.5. The van der Waals surface area contributed by atoms with Crippen LogP contribution in [0.15, 0.2) is 30.6 Å². The number of rotatable bonds is 7. The first kappa shape index (κ1) is 17.5. The minimum absolute atomic E-state index is 0.219. The molecule has 1 aliphatic carbocycles. The van der Waals surface area contributed by atoms with Crippen LogP contribution in [-0.4, -0.2) is 16.1 Å². The van der Waals surface area contributed by atoms with Gasteiger partial charge < -0.3 is 15.8 Å². The van der Waals surface area contributed by atoms with Gasteiger partial charge in [0, 0.05) is 5.69 Å². The van der Waals surface area contributed by atoms with Crippen LogP contribution in [0, 0.1) is 0 Å². The van der Waals surface area contributed by atoms with Crippen molar-refractivity contribution in [3.8, 4) is 5.88 Å². The zero-order chi connectivity index (χ0) is 17.5. The number of nitrogens with two attached hydrogens (primary N) is 1. The standard InChI is InChI=1S/C20H28N4O/c1-2-3-7-15-10-12-16(13-11-15)24-19-18(21)20(23-14-22-19)25-17-8-5-4-6-9-17/h10-14,17H,2-9,21H2,1H3,(H,22,23,24). The van der Waals surface area contributed by atoms with Gasteiger partial charge in [0.25, 0.3) is 0 Å². The predicted octanol–water partition coefficient (Wildman–Crippen LogP) is 4.86. The number of benzene rings is 1. The van der Waals surface area contributed by atoms with Gasteiger partial charge in [-0.3, -0.25) is 0 Å². The Hall–Kier alpha value is -2.30. The normalized spacial score (nSPS) is 15.1. The second kappa shape index (κ2) is 8.70. The number of nitrogens with one attached hydrogen (secondary N) is 1. The maximum Gasteiger partial charge on any atom is 0.242 e. The summed E-state index contributed by atoms with van der Waals surface area (Å²) in [5.41, 5.74) is 9.02. The van der Waals surface area contributed by atoms with Crippen molar-refractivity contribution >= 4 is 17.2 Å². The van der Waals surface area contributed by atoms with Crippen molar-refractivity contribution in [1.82, 2.24) is 9.97 Å². The Kier molecular flexibility index (Phi) is 6.09. The Morgan fingerprint density at radius 2 is 1.88 bits per heavy atom. The summed E-state index contributed by atoms with van der Waals surface area (Å²) in [5.74, 6) is 1.09. The average Bonchev–Trinajstić information content (AvgIpc) is 2.65. The second-order valence-corrected chi connectivity index (χ2v) is 6.74. The molecule has 5 heteroatoms. The number of hydrogen-bond donors (Lipinski definition) is 2. The molecule has 2 aromatic rings. The van der Waals surface area contributed by atoms with Gasteiger partial charge in [-0.2, -0.15) is 4.98 Å². The van der Waals surface area contributed by atoms with Gasteiger partial charge in [-0.1, -0.05) is 31.9 Å². The number of aromatic nitrogens is 2. The van der Waals surface area contributed by atoms with Crippen molar-refractivity contribution in [2.24, 2.45) is 0 Å². The van der Waals surface area contributed by atoms with Crippen LogP contribution in [0.25, 0.3) is 0 Å². The van der Waals surface area contributed by atoms with E-state index in [1.165, 1.54) is 44.0 Å². The molecule has 0 saturated heterocycles. The van der Waals surface area contributed by atoms with Crippen LogP contribution in [0.1, 0.15) is 57.4 Å². The Morgan fingerprint density at radius 3 is 2.60 bits per heavy atom. The lowest BCUT2D eigenvalue weighted by atomic mass is 9.98. The Bertz CT molecular complexity index is 666. The van der Waals surface area contributed by atoms with E-state index >= 15 is 0 Å². The summed E-state index contributed by atoms with van der Waals surface area (Å²) in [7, 11) is 0. The summed E-state index contributed by atoms with van der Waals surface area (Å²) in [4.78, 5) is 8.50. The van der Waals surface area contributed by atoms with E-state index in [1.54, 1.807) is 0 Å². The summed E-state index contributed by atoms with van der Waals surface area (Å²) in [5, 5.41) is 3.28. The molecule has 1 heterocycles. The third-order valence-corrected chi connectivity index (χ3v) is 4.71. The van der Waals surface area contributed by atoms with E-state index < -0.39 is 0 Å². The van der Waals surface area contributed by atoms with Gasteiger partial charge in [-0.05, 0) is 56.2 Å². The molecule has 134 valence electrons. The van der Waals surface area contributed by atoms with Gasteiger partial charge in [0.2, 0.25) is 5.88 Å². The van der Waals surface area contributed by atoms with E-state index in [0.29, 0.717) is 17.4 Å². The van der Waals surface area contributed by atoms with Crippen LogP contribution >= 0.6 is 0 Å². The molecule has 3 rings (SSSR count). The average molecular weight is 340 g/mol. The third-order valence-electron chi connectivity index (χ3n) is 4.71. The quantitative estimate of drug-likeness (QED) is 0.753. The molecule has 1 aromatic heterocycles. The van der Waals surface area contributed by atoms with E-state index in [1.807, 2.05) is 0 Å². The maximum absolute atomic E-state index is 6.23. The molecule has 1 aliphatic rings.